The van der Waals surface area contributed by atoms with Crippen LogP contribution < -0.4 is 20.1 Å². The van der Waals surface area contributed by atoms with Gasteiger partial charge in [0.05, 0.1) is 30.0 Å². The van der Waals surface area contributed by atoms with Crippen molar-refractivity contribution in [3.63, 3.8) is 0 Å². The molecule has 7 heteroatoms. The number of methoxy groups -OCH3 is 1. The van der Waals surface area contributed by atoms with Gasteiger partial charge in [0.1, 0.15) is 17.3 Å². The third-order valence-corrected chi connectivity index (χ3v) is 4.18. The average molecular weight is 398 g/mol. The van der Waals surface area contributed by atoms with E-state index in [1.165, 1.54) is 6.20 Å². The Morgan fingerprint density at radius 1 is 1.11 bits per heavy atom. The Balaban J connectivity index is 1.68. The van der Waals surface area contributed by atoms with Gasteiger partial charge in [-0.3, -0.25) is 4.79 Å². The predicted molar refractivity (Wildman–Crippen MR) is 111 cm³/mol. The highest BCUT2D eigenvalue weighted by Gasteiger charge is 2.10. The van der Waals surface area contributed by atoms with Gasteiger partial charge >= 0.3 is 0 Å². The van der Waals surface area contributed by atoms with E-state index < -0.39 is 0 Å². The lowest BCUT2D eigenvalue weighted by Crippen LogP contribution is -2.13. The molecule has 1 amide bonds. The second kappa shape index (κ2) is 9.10. The number of rotatable bonds is 7. The van der Waals surface area contributed by atoms with Crippen molar-refractivity contribution >= 4 is 34.7 Å². The maximum Gasteiger partial charge on any atom is 0.257 e. The Morgan fingerprint density at radius 2 is 1.93 bits per heavy atom. The Morgan fingerprint density at radius 3 is 2.61 bits per heavy atom. The molecule has 0 bridgehead atoms. The van der Waals surface area contributed by atoms with Crippen LogP contribution in [0, 0.1) is 0 Å². The molecule has 0 aliphatic carbocycles. The number of hydrogen-bond acceptors (Lipinski definition) is 5. The van der Waals surface area contributed by atoms with Gasteiger partial charge in [-0.15, -0.1) is 0 Å². The van der Waals surface area contributed by atoms with E-state index in [4.69, 9.17) is 21.1 Å². The predicted octanol–water partition coefficient (Wildman–Crippen LogP) is 5.14. The van der Waals surface area contributed by atoms with E-state index in [1.54, 1.807) is 37.4 Å². The smallest absolute Gasteiger partial charge is 0.257 e. The van der Waals surface area contributed by atoms with Gasteiger partial charge in [0.2, 0.25) is 0 Å². The summed E-state index contributed by atoms with van der Waals surface area (Å²) in [5.74, 6) is 1.55. The Labute approximate surface area is 168 Å². The lowest BCUT2D eigenvalue weighted by molar-refractivity contribution is 0.102. The normalized spacial score (nSPS) is 10.2. The first-order valence-electron chi connectivity index (χ1n) is 8.70. The molecular formula is C21H20ClN3O3. The minimum absolute atomic E-state index is 0.265. The molecule has 0 unspecified atom stereocenters. The van der Waals surface area contributed by atoms with Crippen molar-refractivity contribution < 1.29 is 14.3 Å². The number of anilines is 3. The SMILES string of the molecule is CCOc1ccccc1NC(=O)c1ccc(Nc2ccc(OC)c(Cl)c2)nc1. The fourth-order valence-corrected chi connectivity index (χ4v) is 2.80. The second-order valence-corrected chi connectivity index (χ2v) is 6.20. The van der Waals surface area contributed by atoms with E-state index in [2.05, 4.69) is 15.6 Å². The van der Waals surface area contributed by atoms with Crippen LogP contribution in [0.4, 0.5) is 17.2 Å². The van der Waals surface area contributed by atoms with Crippen molar-refractivity contribution in [3.05, 3.63) is 71.4 Å². The third-order valence-electron chi connectivity index (χ3n) is 3.88. The van der Waals surface area contributed by atoms with Crippen LogP contribution in [0.25, 0.3) is 0 Å². The van der Waals surface area contributed by atoms with Crippen LogP contribution in [0.1, 0.15) is 17.3 Å². The number of ether oxygens (including phenoxy) is 2. The number of nitrogens with zero attached hydrogens (tertiary/aromatic N) is 1. The number of pyridine rings is 1. The minimum atomic E-state index is -0.265. The van der Waals surface area contributed by atoms with Gasteiger partial charge in [0.25, 0.3) is 5.91 Å². The molecule has 0 radical (unpaired) electrons. The number of hydrogen-bond donors (Lipinski definition) is 2. The zero-order valence-electron chi connectivity index (χ0n) is 15.5. The standard InChI is InChI=1S/C21H20ClN3O3/c1-3-28-19-7-5-4-6-17(19)25-21(26)14-8-11-20(23-13-14)24-15-9-10-18(27-2)16(22)12-15/h4-13H,3H2,1-2H3,(H,23,24)(H,25,26). The van der Waals surface area contributed by atoms with Gasteiger partial charge < -0.3 is 20.1 Å². The molecule has 2 N–H and O–H groups in total. The molecule has 0 saturated carbocycles. The molecule has 0 aliphatic rings. The summed E-state index contributed by atoms with van der Waals surface area (Å²) in [6.07, 6.45) is 1.51. The van der Waals surface area contributed by atoms with Crippen LogP contribution in [0.15, 0.2) is 60.8 Å². The first kappa shape index (κ1) is 19.5. The number of halogens is 1. The Bertz CT molecular complexity index is 961. The summed E-state index contributed by atoms with van der Waals surface area (Å²) in [6, 6.07) is 16.1. The molecule has 144 valence electrons. The summed E-state index contributed by atoms with van der Waals surface area (Å²) in [7, 11) is 1.56. The van der Waals surface area contributed by atoms with E-state index in [9.17, 15) is 4.79 Å². The zero-order chi connectivity index (χ0) is 19.9. The maximum atomic E-state index is 12.5. The highest BCUT2D eigenvalue weighted by Crippen LogP contribution is 2.28. The number of carbonyl (C=O) groups is 1. The van der Waals surface area contributed by atoms with Gasteiger partial charge in [-0.05, 0) is 49.4 Å². The molecular weight excluding hydrogens is 378 g/mol. The monoisotopic (exact) mass is 397 g/mol. The summed E-state index contributed by atoms with van der Waals surface area (Å²) in [5, 5.41) is 6.48. The first-order valence-corrected chi connectivity index (χ1v) is 9.08. The Hall–Kier alpha value is -3.25. The lowest BCUT2D eigenvalue weighted by Gasteiger charge is -2.11. The van der Waals surface area contributed by atoms with Crippen LogP contribution in [-0.4, -0.2) is 24.6 Å². The molecule has 0 saturated heterocycles. The quantitative estimate of drug-likeness (QED) is 0.577. The molecule has 1 aromatic heterocycles. The third kappa shape index (κ3) is 4.72. The number of aromatic nitrogens is 1. The molecule has 3 rings (SSSR count). The minimum Gasteiger partial charge on any atom is -0.495 e. The van der Waals surface area contributed by atoms with E-state index in [0.717, 1.165) is 5.69 Å². The summed E-state index contributed by atoms with van der Waals surface area (Å²) in [6.45, 7) is 2.41. The van der Waals surface area contributed by atoms with Gasteiger partial charge in [0.15, 0.2) is 0 Å². The van der Waals surface area contributed by atoms with Crippen molar-refractivity contribution in [3.8, 4) is 11.5 Å². The number of benzene rings is 2. The average Bonchev–Trinajstić information content (AvgIpc) is 2.70. The van der Waals surface area contributed by atoms with Gasteiger partial charge in [-0.2, -0.15) is 0 Å². The van der Waals surface area contributed by atoms with Crippen LogP contribution >= 0.6 is 11.6 Å². The highest BCUT2D eigenvalue weighted by molar-refractivity contribution is 6.32. The van der Waals surface area contributed by atoms with Crippen molar-refractivity contribution in [2.45, 2.75) is 6.92 Å². The van der Waals surface area contributed by atoms with Crippen LogP contribution in [0.3, 0.4) is 0 Å². The molecule has 2 aromatic carbocycles. The van der Waals surface area contributed by atoms with E-state index >= 15 is 0 Å². The summed E-state index contributed by atoms with van der Waals surface area (Å²) in [4.78, 5) is 16.8. The van der Waals surface area contributed by atoms with Crippen molar-refractivity contribution in [2.24, 2.45) is 0 Å². The van der Waals surface area contributed by atoms with Crippen LogP contribution in [0.5, 0.6) is 11.5 Å². The molecule has 3 aromatic rings. The summed E-state index contributed by atoms with van der Waals surface area (Å²) in [5.41, 5.74) is 1.81. The van der Waals surface area contributed by atoms with E-state index in [0.29, 0.717) is 40.2 Å². The fraction of sp³-hybridized carbons (Fsp3) is 0.143. The molecule has 0 atom stereocenters. The summed E-state index contributed by atoms with van der Waals surface area (Å²) >= 11 is 6.13. The maximum absolute atomic E-state index is 12.5. The number of amides is 1. The molecule has 0 fully saturated rings. The van der Waals surface area contributed by atoms with E-state index in [1.807, 2.05) is 31.2 Å². The molecule has 6 nitrogen and oxygen atoms in total. The summed E-state index contributed by atoms with van der Waals surface area (Å²) < 4.78 is 10.7. The topological polar surface area (TPSA) is 72.5 Å². The fourth-order valence-electron chi connectivity index (χ4n) is 2.54. The van der Waals surface area contributed by atoms with Gasteiger partial charge in [0, 0.05) is 11.9 Å². The first-order chi connectivity index (χ1) is 13.6. The lowest BCUT2D eigenvalue weighted by atomic mass is 10.2. The largest absolute Gasteiger partial charge is 0.495 e. The number of nitrogens with one attached hydrogen (secondary N) is 2. The van der Waals surface area contributed by atoms with Crippen molar-refractivity contribution in [1.29, 1.82) is 0 Å². The number of carbonyl (C=O) groups excluding carboxylic acids is 1. The van der Waals surface area contributed by atoms with Crippen LogP contribution in [-0.2, 0) is 0 Å². The number of para-hydroxylation sites is 2. The van der Waals surface area contributed by atoms with Crippen molar-refractivity contribution in [1.82, 2.24) is 4.98 Å². The zero-order valence-corrected chi connectivity index (χ0v) is 16.3. The molecule has 0 spiro atoms. The Kier molecular flexibility index (Phi) is 6.34. The molecule has 0 aliphatic heterocycles. The van der Waals surface area contributed by atoms with Gasteiger partial charge in [-0.1, -0.05) is 23.7 Å². The molecule has 1 heterocycles. The van der Waals surface area contributed by atoms with Crippen LogP contribution in [0.2, 0.25) is 5.02 Å². The molecule has 28 heavy (non-hydrogen) atoms. The second-order valence-electron chi connectivity index (χ2n) is 5.79. The van der Waals surface area contributed by atoms with Gasteiger partial charge in [-0.25, -0.2) is 4.98 Å². The highest BCUT2D eigenvalue weighted by atomic mass is 35.5. The van der Waals surface area contributed by atoms with Crippen molar-refractivity contribution in [2.75, 3.05) is 24.4 Å². The van der Waals surface area contributed by atoms with E-state index in [-0.39, 0.29) is 5.91 Å².